The van der Waals surface area contributed by atoms with E-state index < -0.39 is 0 Å². The van der Waals surface area contributed by atoms with Crippen molar-refractivity contribution < 1.29 is 5.11 Å². The van der Waals surface area contributed by atoms with Crippen LogP contribution in [-0.4, -0.2) is 14.7 Å². The summed E-state index contributed by atoms with van der Waals surface area (Å²) in [6.07, 6.45) is 12.4. The van der Waals surface area contributed by atoms with Crippen LogP contribution in [0.5, 0.6) is 0 Å². The van der Waals surface area contributed by atoms with E-state index in [9.17, 15) is 5.11 Å². The molecule has 4 fully saturated rings. The molecule has 3 heteroatoms. The first-order valence-electron chi connectivity index (χ1n) is 8.73. The minimum atomic E-state index is -0.371. The molecule has 0 radical (unpaired) electrons. The third-order valence-electron chi connectivity index (χ3n) is 6.44. The fourth-order valence-electron chi connectivity index (χ4n) is 6.39. The number of rotatable bonds is 4. The van der Waals surface area contributed by atoms with Crippen molar-refractivity contribution in [3.8, 4) is 0 Å². The van der Waals surface area contributed by atoms with Crippen LogP contribution in [0, 0.1) is 22.7 Å². The van der Waals surface area contributed by atoms with Crippen molar-refractivity contribution in [2.45, 2.75) is 71.4 Å². The Morgan fingerprint density at radius 1 is 1.33 bits per heavy atom. The van der Waals surface area contributed by atoms with E-state index in [0.29, 0.717) is 5.41 Å². The molecule has 0 aliphatic heterocycles. The molecule has 21 heavy (non-hydrogen) atoms. The zero-order chi connectivity index (χ0) is 14.7. The van der Waals surface area contributed by atoms with Crippen molar-refractivity contribution in [3.63, 3.8) is 0 Å². The summed E-state index contributed by atoms with van der Waals surface area (Å²) >= 11 is 0. The van der Waals surface area contributed by atoms with Crippen LogP contribution in [-0.2, 0) is 6.54 Å². The van der Waals surface area contributed by atoms with E-state index in [1.165, 1.54) is 38.5 Å². The van der Waals surface area contributed by atoms with Crippen LogP contribution >= 0.6 is 0 Å². The smallest absolute Gasteiger partial charge is 0.138 e. The standard InChI is InChI=1S/C18H28N2O/c1-3-5-20-6-4-19-16(20)15(21)18-10-13-7-14(11-18)9-17(2,8-13)12-18/h4,6,13-15,21H,3,5,7-12H2,1-2H3. The Balaban J connectivity index is 1.67. The maximum absolute atomic E-state index is 11.2. The molecule has 0 amide bonds. The van der Waals surface area contributed by atoms with Gasteiger partial charge in [-0.1, -0.05) is 13.8 Å². The highest BCUT2D eigenvalue weighted by atomic mass is 16.3. The molecule has 116 valence electrons. The number of imidazole rings is 1. The minimum absolute atomic E-state index is 0.107. The lowest BCUT2D eigenvalue weighted by Gasteiger charge is -2.62. The van der Waals surface area contributed by atoms with E-state index in [1.54, 1.807) is 0 Å². The highest BCUT2D eigenvalue weighted by Crippen LogP contribution is 2.68. The molecule has 1 aromatic heterocycles. The maximum Gasteiger partial charge on any atom is 0.138 e. The van der Waals surface area contributed by atoms with E-state index in [2.05, 4.69) is 23.4 Å². The van der Waals surface area contributed by atoms with Gasteiger partial charge in [0, 0.05) is 24.4 Å². The quantitative estimate of drug-likeness (QED) is 0.911. The van der Waals surface area contributed by atoms with Gasteiger partial charge in [0.25, 0.3) is 0 Å². The molecule has 0 saturated heterocycles. The van der Waals surface area contributed by atoms with Gasteiger partial charge in [0.15, 0.2) is 0 Å². The SMILES string of the molecule is CCCn1ccnc1C(O)C12CC3CC(CC(C)(C3)C1)C2. The summed E-state index contributed by atoms with van der Waals surface area (Å²) in [6, 6.07) is 0. The first kappa shape index (κ1) is 13.8. The molecule has 4 saturated carbocycles. The van der Waals surface area contributed by atoms with E-state index in [4.69, 9.17) is 0 Å². The van der Waals surface area contributed by atoms with Crippen molar-refractivity contribution in [3.05, 3.63) is 18.2 Å². The van der Waals surface area contributed by atoms with Gasteiger partial charge in [-0.3, -0.25) is 0 Å². The van der Waals surface area contributed by atoms with Gasteiger partial charge in [0.1, 0.15) is 11.9 Å². The molecule has 0 aromatic carbocycles. The lowest BCUT2D eigenvalue weighted by molar-refractivity contribution is -0.157. The largest absolute Gasteiger partial charge is 0.385 e. The lowest BCUT2D eigenvalue weighted by atomic mass is 9.43. The predicted octanol–water partition coefficient (Wildman–Crippen LogP) is 3.93. The van der Waals surface area contributed by atoms with Gasteiger partial charge < -0.3 is 9.67 Å². The zero-order valence-corrected chi connectivity index (χ0v) is 13.4. The van der Waals surface area contributed by atoms with Crippen LogP contribution in [0.4, 0.5) is 0 Å². The molecular formula is C18H28N2O. The normalized spacial score (nSPS) is 42.4. The molecule has 4 aliphatic carbocycles. The van der Waals surface area contributed by atoms with Gasteiger partial charge in [-0.15, -0.1) is 0 Å². The summed E-state index contributed by atoms with van der Waals surface area (Å²) in [5, 5.41) is 11.2. The van der Waals surface area contributed by atoms with Crippen LogP contribution in [0.25, 0.3) is 0 Å². The van der Waals surface area contributed by atoms with E-state index in [-0.39, 0.29) is 11.5 Å². The summed E-state index contributed by atoms with van der Waals surface area (Å²) in [4.78, 5) is 4.53. The Hall–Kier alpha value is -0.830. The van der Waals surface area contributed by atoms with Crippen molar-refractivity contribution >= 4 is 0 Å². The molecule has 3 atom stereocenters. The second-order valence-electron chi connectivity index (χ2n) is 8.52. The van der Waals surface area contributed by atoms with Gasteiger partial charge in [-0.05, 0) is 62.2 Å². The molecule has 3 nitrogen and oxygen atoms in total. The van der Waals surface area contributed by atoms with Gasteiger partial charge in [0.2, 0.25) is 0 Å². The van der Waals surface area contributed by atoms with Gasteiger partial charge >= 0.3 is 0 Å². The molecule has 5 rings (SSSR count). The summed E-state index contributed by atoms with van der Waals surface area (Å²) < 4.78 is 2.17. The van der Waals surface area contributed by atoms with Crippen molar-refractivity contribution in [2.75, 3.05) is 0 Å². The number of aliphatic hydroxyl groups excluding tert-OH is 1. The van der Waals surface area contributed by atoms with Gasteiger partial charge in [-0.2, -0.15) is 0 Å². The van der Waals surface area contributed by atoms with Crippen molar-refractivity contribution in [1.29, 1.82) is 0 Å². The highest BCUT2D eigenvalue weighted by Gasteiger charge is 2.59. The van der Waals surface area contributed by atoms with E-state index in [0.717, 1.165) is 30.6 Å². The first-order valence-corrected chi connectivity index (χ1v) is 8.73. The second kappa shape index (κ2) is 4.58. The topological polar surface area (TPSA) is 38.0 Å². The summed E-state index contributed by atoms with van der Waals surface area (Å²) in [6.45, 7) is 5.61. The molecule has 1 N–H and O–H groups in total. The number of hydrogen-bond donors (Lipinski definition) is 1. The lowest BCUT2D eigenvalue weighted by Crippen LogP contribution is -2.53. The van der Waals surface area contributed by atoms with Gasteiger partial charge in [-0.25, -0.2) is 4.98 Å². The molecular weight excluding hydrogens is 260 g/mol. The zero-order valence-electron chi connectivity index (χ0n) is 13.4. The first-order chi connectivity index (χ1) is 10.0. The van der Waals surface area contributed by atoms with E-state index >= 15 is 0 Å². The average molecular weight is 288 g/mol. The Labute approximate surface area is 127 Å². The summed E-state index contributed by atoms with van der Waals surface area (Å²) in [7, 11) is 0. The van der Waals surface area contributed by atoms with Gasteiger partial charge in [0.05, 0.1) is 0 Å². The van der Waals surface area contributed by atoms with Crippen molar-refractivity contribution in [2.24, 2.45) is 22.7 Å². The Morgan fingerprint density at radius 3 is 2.67 bits per heavy atom. The molecule has 3 unspecified atom stereocenters. The van der Waals surface area contributed by atoms with Crippen LogP contribution in [0.3, 0.4) is 0 Å². The molecule has 1 heterocycles. The molecule has 0 spiro atoms. The molecule has 1 aromatic rings. The summed E-state index contributed by atoms with van der Waals surface area (Å²) in [5.74, 6) is 2.61. The highest BCUT2D eigenvalue weighted by molar-refractivity contribution is 5.13. The van der Waals surface area contributed by atoms with Crippen LogP contribution in [0.15, 0.2) is 12.4 Å². The number of aromatic nitrogens is 2. The van der Waals surface area contributed by atoms with Crippen LogP contribution < -0.4 is 0 Å². The van der Waals surface area contributed by atoms with Crippen LogP contribution in [0.2, 0.25) is 0 Å². The second-order valence-corrected chi connectivity index (χ2v) is 8.52. The Kier molecular flexibility index (Phi) is 3.01. The number of nitrogens with zero attached hydrogens (tertiary/aromatic N) is 2. The minimum Gasteiger partial charge on any atom is -0.385 e. The number of hydrogen-bond acceptors (Lipinski definition) is 2. The third kappa shape index (κ3) is 2.08. The maximum atomic E-state index is 11.2. The fourth-order valence-corrected chi connectivity index (χ4v) is 6.39. The average Bonchev–Trinajstić information content (AvgIpc) is 2.83. The number of aryl methyl sites for hydroxylation is 1. The fraction of sp³-hybridized carbons (Fsp3) is 0.833. The van der Waals surface area contributed by atoms with Crippen LogP contribution in [0.1, 0.15) is 70.7 Å². The predicted molar refractivity (Wildman–Crippen MR) is 82.7 cm³/mol. The Bertz CT molecular complexity index is 521. The molecule has 4 bridgehead atoms. The summed E-state index contributed by atoms with van der Waals surface area (Å²) in [5.41, 5.74) is 0.586. The number of aliphatic hydroxyl groups is 1. The van der Waals surface area contributed by atoms with E-state index in [1.807, 2.05) is 12.4 Å². The Morgan fingerprint density at radius 2 is 2.05 bits per heavy atom. The monoisotopic (exact) mass is 288 g/mol. The molecule has 4 aliphatic rings. The van der Waals surface area contributed by atoms with Crippen molar-refractivity contribution in [1.82, 2.24) is 9.55 Å². The third-order valence-corrected chi connectivity index (χ3v) is 6.44.